The third kappa shape index (κ3) is 4.04. The van der Waals surface area contributed by atoms with Gasteiger partial charge in [-0.3, -0.25) is 4.90 Å². The van der Waals surface area contributed by atoms with Gasteiger partial charge in [0.05, 0.1) is 15.7 Å². The van der Waals surface area contributed by atoms with E-state index in [1.807, 2.05) is 23.1 Å². The van der Waals surface area contributed by atoms with Crippen molar-refractivity contribution in [2.45, 2.75) is 31.5 Å². The molecule has 2 fully saturated rings. The lowest BCUT2D eigenvalue weighted by atomic mass is 9.77. The van der Waals surface area contributed by atoms with Crippen LogP contribution in [-0.2, 0) is 9.53 Å². The van der Waals surface area contributed by atoms with Gasteiger partial charge in [0.2, 0.25) is 0 Å². The molecule has 2 heterocycles. The number of carboxylic acids is 1. The van der Waals surface area contributed by atoms with E-state index in [1.165, 1.54) is 6.26 Å². The van der Waals surface area contributed by atoms with Gasteiger partial charge in [0.1, 0.15) is 6.26 Å². The number of carbonyl (C=O) groups is 1. The standard InChI is InChI=1S/C20H25Cl2N3O3/c21-16-2-1-3-17(18(16)22)24-8-6-23(7-9-24)5-4-14-12-15(13-14)25-10-11-28-19(25)20(26)27/h1-3,10-11,14-15,19H,4-9,12-13H2,(H,26,27). The quantitative estimate of drug-likeness (QED) is 0.752. The lowest BCUT2D eigenvalue weighted by molar-refractivity contribution is -0.156. The highest BCUT2D eigenvalue weighted by molar-refractivity contribution is 6.43. The van der Waals surface area contributed by atoms with Crippen molar-refractivity contribution in [3.05, 3.63) is 40.7 Å². The smallest absolute Gasteiger partial charge is 0.366 e. The Morgan fingerprint density at radius 1 is 1.18 bits per heavy atom. The van der Waals surface area contributed by atoms with Gasteiger partial charge in [-0.15, -0.1) is 0 Å². The highest BCUT2D eigenvalue weighted by atomic mass is 35.5. The number of benzene rings is 1. The van der Waals surface area contributed by atoms with Gasteiger partial charge in [0.25, 0.3) is 6.23 Å². The van der Waals surface area contributed by atoms with Crippen LogP contribution in [0.5, 0.6) is 0 Å². The zero-order valence-corrected chi connectivity index (χ0v) is 17.1. The van der Waals surface area contributed by atoms with Crippen molar-refractivity contribution in [2.75, 3.05) is 37.6 Å². The van der Waals surface area contributed by atoms with Gasteiger partial charge in [-0.2, -0.15) is 0 Å². The zero-order chi connectivity index (χ0) is 19.7. The minimum atomic E-state index is -0.925. The first-order valence-electron chi connectivity index (χ1n) is 9.76. The van der Waals surface area contributed by atoms with Crippen LogP contribution < -0.4 is 4.90 Å². The predicted octanol–water partition coefficient (Wildman–Crippen LogP) is 3.50. The molecule has 8 heteroatoms. The highest BCUT2D eigenvalue weighted by Gasteiger charge is 2.40. The van der Waals surface area contributed by atoms with Crippen LogP contribution in [0.1, 0.15) is 19.3 Å². The van der Waals surface area contributed by atoms with Crippen LogP contribution >= 0.6 is 23.2 Å². The third-order valence-electron chi connectivity index (χ3n) is 6.05. The Labute approximate surface area is 175 Å². The topological polar surface area (TPSA) is 56.3 Å². The molecule has 1 saturated heterocycles. The van der Waals surface area contributed by atoms with Crippen molar-refractivity contribution in [1.82, 2.24) is 9.80 Å². The molecule has 1 saturated carbocycles. The molecule has 1 aromatic rings. The average Bonchev–Trinajstić information content (AvgIpc) is 3.13. The molecule has 0 spiro atoms. The van der Waals surface area contributed by atoms with Gasteiger partial charge < -0.3 is 19.6 Å². The maximum atomic E-state index is 11.2. The summed E-state index contributed by atoms with van der Waals surface area (Å²) < 4.78 is 5.15. The third-order valence-corrected chi connectivity index (χ3v) is 6.86. The van der Waals surface area contributed by atoms with Crippen LogP contribution in [0.2, 0.25) is 10.0 Å². The summed E-state index contributed by atoms with van der Waals surface area (Å²) in [7, 11) is 0. The summed E-state index contributed by atoms with van der Waals surface area (Å²) in [4.78, 5) is 17.8. The lowest BCUT2D eigenvalue weighted by Crippen LogP contribution is -2.50. The van der Waals surface area contributed by atoms with E-state index in [-0.39, 0.29) is 6.04 Å². The molecule has 2 aliphatic heterocycles. The molecule has 1 aromatic carbocycles. The molecule has 0 aromatic heterocycles. The van der Waals surface area contributed by atoms with Gasteiger partial charge in [-0.05, 0) is 43.9 Å². The summed E-state index contributed by atoms with van der Waals surface area (Å²) in [5, 5.41) is 10.4. The van der Waals surface area contributed by atoms with Crippen LogP contribution in [-0.4, -0.2) is 65.9 Å². The van der Waals surface area contributed by atoms with Crippen LogP contribution in [0.25, 0.3) is 0 Å². The van der Waals surface area contributed by atoms with E-state index in [2.05, 4.69) is 9.80 Å². The van der Waals surface area contributed by atoms with E-state index in [0.29, 0.717) is 16.0 Å². The number of hydrogen-bond donors (Lipinski definition) is 1. The summed E-state index contributed by atoms with van der Waals surface area (Å²) >= 11 is 12.5. The van der Waals surface area contributed by atoms with Gasteiger partial charge in [0, 0.05) is 38.4 Å². The average molecular weight is 426 g/mol. The molecule has 1 unspecified atom stereocenters. The van der Waals surface area contributed by atoms with Crippen LogP contribution in [0.15, 0.2) is 30.7 Å². The molecule has 1 atom stereocenters. The number of aliphatic carboxylic acids is 1. The number of hydrogen-bond acceptors (Lipinski definition) is 5. The SMILES string of the molecule is O=C(O)C1OC=CN1C1CC(CCN2CCN(c3cccc(Cl)c3Cl)CC2)C1. The second-order valence-corrected chi connectivity index (χ2v) is 8.53. The first-order valence-corrected chi connectivity index (χ1v) is 10.5. The first-order chi connectivity index (χ1) is 13.5. The molecule has 0 amide bonds. The molecular weight excluding hydrogens is 401 g/mol. The Hall–Kier alpha value is -1.63. The number of halogens is 2. The Morgan fingerprint density at radius 2 is 1.93 bits per heavy atom. The number of nitrogens with zero attached hydrogens (tertiary/aromatic N) is 3. The molecule has 28 heavy (non-hydrogen) atoms. The highest BCUT2D eigenvalue weighted by Crippen LogP contribution is 2.37. The van der Waals surface area contributed by atoms with Crippen molar-refractivity contribution in [2.24, 2.45) is 5.92 Å². The minimum Gasteiger partial charge on any atom is -0.477 e. The summed E-state index contributed by atoms with van der Waals surface area (Å²) in [6.45, 7) is 5.02. The molecule has 3 aliphatic rings. The second kappa shape index (κ2) is 8.39. The van der Waals surface area contributed by atoms with Crippen molar-refractivity contribution in [3.63, 3.8) is 0 Å². The number of rotatable bonds is 6. The van der Waals surface area contributed by atoms with Crippen LogP contribution in [0.4, 0.5) is 5.69 Å². The molecular formula is C20H25Cl2N3O3. The number of piperazine rings is 1. The summed E-state index contributed by atoms with van der Waals surface area (Å²) in [6, 6.07) is 6.07. The normalized spacial score (nSPS) is 27.6. The predicted molar refractivity (Wildman–Crippen MR) is 110 cm³/mol. The molecule has 0 radical (unpaired) electrons. The van der Waals surface area contributed by atoms with Crippen molar-refractivity contribution < 1.29 is 14.6 Å². The molecule has 1 N–H and O–H groups in total. The number of ether oxygens (including phenoxy) is 1. The summed E-state index contributed by atoms with van der Waals surface area (Å²) in [5.41, 5.74) is 1.02. The van der Waals surface area contributed by atoms with Crippen molar-refractivity contribution >= 4 is 34.9 Å². The fraction of sp³-hybridized carbons (Fsp3) is 0.550. The largest absolute Gasteiger partial charge is 0.477 e. The Balaban J connectivity index is 1.18. The fourth-order valence-electron chi connectivity index (χ4n) is 4.32. The molecule has 152 valence electrons. The monoisotopic (exact) mass is 425 g/mol. The molecule has 6 nitrogen and oxygen atoms in total. The molecule has 4 rings (SSSR count). The van der Waals surface area contributed by atoms with E-state index in [9.17, 15) is 9.90 Å². The first kappa shape index (κ1) is 19.7. The fourth-order valence-corrected chi connectivity index (χ4v) is 4.74. The number of anilines is 1. The molecule has 0 bridgehead atoms. The van der Waals surface area contributed by atoms with E-state index < -0.39 is 12.2 Å². The van der Waals surface area contributed by atoms with Crippen molar-refractivity contribution in [3.8, 4) is 0 Å². The van der Waals surface area contributed by atoms with Crippen LogP contribution in [0, 0.1) is 5.92 Å². The Bertz CT molecular complexity index is 746. The summed E-state index contributed by atoms with van der Waals surface area (Å²) in [5.74, 6) is -0.264. The van der Waals surface area contributed by atoms with E-state index in [4.69, 9.17) is 27.9 Å². The van der Waals surface area contributed by atoms with E-state index in [1.54, 1.807) is 6.20 Å². The number of carboxylic acid groups (broad SMARTS) is 1. The minimum absolute atomic E-state index is 0.284. The maximum Gasteiger partial charge on any atom is 0.366 e. The Kier molecular flexibility index (Phi) is 5.90. The summed E-state index contributed by atoms with van der Waals surface area (Å²) in [6.07, 6.45) is 5.63. The lowest BCUT2D eigenvalue weighted by Gasteiger charge is -2.43. The van der Waals surface area contributed by atoms with Crippen molar-refractivity contribution in [1.29, 1.82) is 0 Å². The Morgan fingerprint density at radius 3 is 2.64 bits per heavy atom. The van der Waals surface area contributed by atoms with E-state index >= 15 is 0 Å². The van der Waals surface area contributed by atoms with E-state index in [0.717, 1.165) is 57.7 Å². The van der Waals surface area contributed by atoms with Gasteiger partial charge in [-0.25, -0.2) is 4.79 Å². The zero-order valence-electron chi connectivity index (χ0n) is 15.6. The second-order valence-electron chi connectivity index (χ2n) is 7.74. The van der Waals surface area contributed by atoms with Gasteiger partial charge >= 0.3 is 5.97 Å². The van der Waals surface area contributed by atoms with Crippen LogP contribution in [0.3, 0.4) is 0 Å². The molecule has 1 aliphatic carbocycles. The van der Waals surface area contributed by atoms with Gasteiger partial charge in [0.15, 0.2) is 0 Å². The van der Waals surface area contributed by atoms with Gasteiger partial charge in [-0.1, -0.05) is 29.3 Å². The maximum absolute atomic E-state index is 11.2.